The lowest BCUT2D eigenvalue weighted by Gasteiger charge is -2.42. The van der Waals surface area contributed by atoms with Gasteiger partial charge in [-0.05, 0) is 37.5 Å². The zero-order valence-corrected chi connectivity index (χ0v) is 14.0. The van der Waals surface area contributed by atoms with Crippen LogP contribution in [0.2, 0.25) is 0 Å². The third kappa shape index (κ3) is 2.52. The standard InChI is InChI=1S/C18H32N2O/c1-4-8-16-19-18(11-5-6-12-18)17(21)20(16)15-10-7-9-13(2)14(15)3/h13-16,19H,4-12H2,1-3H3. The number of nitrogens with one attached hydrogen (secondary N) is 1. The maximum absolute atomic E-state index is 13.2. The molecule has 3 rings (SSSR count). The van der Waals surface area contributed by atoms with Gasteiger partial charge in [0, 0.05) is 6.04 Å². The van der Waals surface area contributed by atoms with Crippen LogP contribution in [-0.4, -0.2) is 28.6 Å². The molecule has 4 unspecified atom stereocenters. The van der Waals surface area contributed by atoms with E-state index < -0.39 is 0 Å². The lowest BCUT2D eigenvalue weighted by molar-refractivity contribution is -0.137. The minimum atomic E-state index is -0.194. The van der Waals surface area contributed by atoms with Gasteiger partial charge in [0.05, 0.1) is 11.7 Å². The molecule has 0 aromatic heterocycles. The Labute approximate surface area is 129 Å². The van der Waals surface area contributed by atoms with Crippen LogP contribution in [0.5, 0.6) is 0 Å². The van der Waals surface area contributed by atoms with Crippen LogP contribution in [0.1, 0.15) is 78.6 Å². The van der Waals surface area contributed by atoms with Gasteiger partial charge in [-0.15, -0.1) is 0 Å². The van der Waals surface area contributed by atoms with Gasteiger partial charge < -0.3 is 4.90 Å². The predicted octanol–water partition coefficient (Wildman–Crippen LogP) is 3.68. The summed E-state index contributed by atoms with van der Waals surface area (Å²) in [5.41, 5.74) is -0.194. The third-order valence-electron chi connectivity index (χ3n) is 6.46. The normalized spacial score (nSPS) is 39.4. The molecular weight excluding hydrogens is 260 g/mol. The molecule has 21 heavy (non-hydrogen) atoms. The highest BCUT2D eigenvalue weighted by Crippen LogP contribution is 2.42. The van der Waals surface area contributed by atoms with Crippen molar-refractivity contribution >= 4 is 5.91 Å². The summed E-state index contributed by atoms with van der Waals surface area (Å²) in [4.78, 5) is 15.5. The van der Waals surface area contributed by atoms with E-state index in [4.69, 9.17) is 0 Å². The first-order chi connectivity index (χ1) is 10.1. The van der Waals surface area contributed by atoms with Gasteiger partial charge in [0.2, 0.25) is 5.91 Å². The van der Waals surface area contributed by atoms with Crippen LogP contribution in [0.15, 0.2) is 0 Å². The van der Waals surface area contributed by atoms with Crippen molar-refractivity contribution in [1.82, 2.24) is 10.2 Å². The third-order valence-corrected chi connectivity index (χ3v) is 6.46. The monoisotopic (exact) mass is 292 g/mol. The van der Waals surface area contributed by atoms with Crippen molar-refractivity contribution in [3.05, 3.63) is 0 Å². The van der Waals surface area contributed by atoms with Crippen molar-refractivity contribution < 1.29 is 4.79 Å². The summed E-state index contributed by atoms with van der Waals surface area (Å²) in [6.45, 7) is 6.96. The highest BCUT2D eigenvalue weighted by atomic mass is 16.2. The molecule has 1 saturated heterocycles. The van der Waals surface area contributed by atoms with E-state index in [-0.39, 0.29) is 5.54 Å². The lowest BCUT2D eigenvalue weighted by atomic mass is 9.77. The molecule has 1 spiro atoms. The van der Waals surface area contributed by atoms with Crippen molar-refractivity contribution in [1.29, 1.82) is 0 Å². The van der Waals surface area contributed by atoms with Gasteiger partial charge in [0.15, 0.2) is 0 Å². The topological polar surface area (TPSA) is 32.3 Å². The Bertz CT molecular complexity index is 389. The first-order valence-electron chi connectivity index (χ1n) is 9.19. The molecule has 3 heteroatoms. The molecule has 0 radical (unpaired) electrons. The van der Waals surface area contributed by atoms with E-state index in [0.29, 0.717) is 24.0 Å². The smallest absolute Gasteiger partial charge is 0.244 e. The number of carbonyl (C=O) groups is 1. The molecule has 1 aliphatic heterocycles. The van der Waals surface area contributed by atoms with Crippen LogP contribution in [-0.2, 0) is 4.79 Å². The van der Waals surface area contributed by atoms with Gasteiger partial charge in [-0.1, -0.05) is 52.9 Å². The van der Waals surface area contributed by atoms with Gasteiger partial charge in [-0.3, -0.25) is 10.1 Å². The van der Waals surface area contributed by atoms with Crippen molar-refractivity contribution in [2.45, 2.75) is 96.3 Å². The Hall–Kier alpha value is -0.570. The first kappa shape index (κ1) is 15.3. The first-order valence-corrected chi connectivity index (χ1v) is 9.19. The number of hydrogen-bond donors (Lipinski definition) is 1. The Balaban J connectivity index is 1.85. The predicted molar refractivity (Wildman–Crippen MR) is 85.8 cm³/mol. The minimum absolute atomic E-state index is 0.194. The maximum Gasteiger partial charge on any atom is 0.244 e. The summed E-state index contributed by atoms with van der Waals surface area (Å²) in [5, 5.41) is 3.78. The molecular formula is C18H32N2O. The Morgan fingerprint density at radius 1 is 1.19 bits per heavy atom. The second kappa shape index (κ2) is 5.91. The molecule has 4 atom stereocenters. The highest BCUT2D eigenvalue weighted by Gasteiger charge is 2.54. The second-order valence-electron chi connectivity index (χ2n) is 7.79. The van der Waals surface area contributed by atoms with E-state index in [1.54, 1.807) is 0 Å². The average molecular weight is 292 g/mol. The van der Waals surface area contributed by atoms with Crippen LogP contribution < -0.4 is 5.32 Å². The lowest BCUT2D eigenvalue weighted by Crippen LogP contribution is -2.50. The molecule has 0 aromatic carbocycles. The van der Waals surface area contributed by atoms with E-state index in [2.05, 4.69) is 31.0 Å². The Morgan fingerprint density at radius 3 is 2.57 bits per heavy atom. The number of rotatable bonds is 3. The molecule has 1 amide bonds. The minimum Gasteiger partial charge on any atom is -0.322 e. The second-order valence-corrected chi connectivity index (χ2v) is 7.79. The van der Waals surface area contributed by atoms with Gasteiger partial charge in [0.25, 0.3) is 0 Å². The SMILES string of the molecule is CCCC1NC2(CCCC2)C(=O)N1C1CCCC(C)C1C. The fourth-order valence-electron chi connectivity index (χ4n) is 4.99. The number of carbonyl (C=O) groups excluding carboxylic acids is 1. The van der Waals surface area contributed by atoms with Crippen molar-refractivity contribution in [3.63, 3.8) is 0 Å². The van der Waals surface area contributed by atoms with Gasteiger partial charge in [-0.25, -0.2) is 0 Å². The van der Waals surface area contributed by atoms with Crippen molar-refractivity contribution in [2.75, 3.05) is 0 Å². The van der Waals surface area contributed by atoms with E-state index in [1.165, 1.54) is 32.1 Å². The van der Waals surface area contributed by atoms with Gasteiger partial charge in [-0.2, -0.15) is 0 Å². The fraction of sp³-hybridized carbons (Fsp3) is 0.944. The molecule has 0 aromatic rings. The number of hydrogen-bond acceptors (Lipinski definition) is 2. The molecule has 0 bridgehead atoms. The van der Waals surface area contributed by atoms with Crippen LogP contribution in [0.3, 0.4) is 0 Å². The number of amides is 1. The fourth-order valence-corrected chi connectivity index (χ4v) is 4.99. The molecule has 2 saturated carbocycles. The highest BCUT2D eigenvalue weighted by molar-refractivity contribution is 5.89. The molecule has 3 aliphatic rings. The molecule has 1 heterocycles. The van der Waals surface area contributed by atoms with Gasteiger partial charge >= 0.3 is 0 Å². The summed E-state index contributed by atoms with van der Waals surface area (Å²) in [6, 6.07) is 0.463. The van der Waals surface area contributed by atoms with E-state index in [1.807, 2.05) is 0 Å². The molecule has 3 fully saturated rings. The molecule has 3 nitrogen and oxygen atoms in total. The largest absolute Gasteiger partial charge is 0.322 e. The summed E-state index contributed by atoms with van der Waals surface area (Å²) >= 11 is 0. The zero-order valence-electron chi connectivity index (χ0n) is 14.0. The average Bonchev–Trinajstić information content (AvgIpc) is 3.02. The molecule has 2 aliphatic carbocycles. The number of nitrogens with zero attached hydrogens (tertiary/aromatic N) is 1. The quantitative estimate of drug-likeness (QED) is 0.860. The van der Waals surface area contributed by atoms with Crippen LogP contribution in [0, 0.1) is 11.8 Å². The van der Waals surface area contributed by atoms with Crippen molar-refractivity contribution in [3.8, 4) is 0 Å². The Kier molecular flexibility index (Phi) is 4.31. The molecule has 1 N–H and O–H groups in total. The maximum atomic E-state index is 13.2. The van der Waals surface area contributed by atoms with E-state index in [0.717, 1.165) is 31.6 Å². The van der Waals surface area contributed by atoms with E-state index in [9.17, 15) is 4.79 Å². The van der Waals surface area contributed by atoms with Crippen LogP contribution in [0.25, 0.3) is 0 Å². The Morgan fingerprint density at radius 2 is 1.90 bits per heavy atom. The summed E-state index contributed by atoms with van der Waals surface area (Å²) < 4.78 is 0. The van der Waals surface area contributed by atoms with Crippen LogP contribution in [0.4, 0.5) is 0 Å². The zero-order chi connectivity index (χ0) is 15.0. The summed E-state index contributed by atoms with van der Waals surface area (Å²) in [5.74, 6) is 1.82. The van der Waals surface area contributed by atoms with Crippen LogP contribution >= 0.6 is 0 Å². The van der Waals surface area contributed by atoms with E-state index >= 15 is 0 Å². The van der Waals surface area contributed by atoms with Gasteiger partial charge in [0.1, 0.15) is 0 Å². The summed E-state index contributed by atoms with van der Waals surface area (Å²) in [7, 11) is 0. The van der Waals surface area contributed by atoms with Crippen molar-refractivity contribution in [2.24, 2.45) is 11.8 Å². The summed E-state index contributed by atoms with van der Waals surface area (Å²) in [6.07, 6.45) is 10.9. The molecule has 120 valence electrons.